The molecule has 1 aromatic heterocycles. The first kappa shape index (κ1) is 21.2. The number of halogens is 3. The fourth-order valence-electron chi connectivity index (χ4n) is 2.20. The fraction of sp³-hybridized carbons (Fsp3) is 0.176. The number of carbonyl (C=O) groups is 2. The van der Waals surface area contributed by atoms with Crippen LogP contribution in [0.1, 0.15) is 17.7 Å². The molecular weight excluding hydrogens is 427 g/mol. The average Bonchev–Trinajstić information content (AvgIpc) is 3.00. The molecule has 3 rings (SSSR count). The molecule has 2 heterocycles. The highest BCUT2D eigenvalue weighted by Gasteiger charge is 2.33. The highest BCUT2D eigenvalue weighted by Crippen LogP contribution is 2.29. The van der Waals surface area contributed by atoms with Crippen LogP contribution in [0.4, 0.5) is 13.2 Å². The van der Waals surface area contributed by atoms with Crippen LogP contribution in [0, 0.1) is 0 Å². The van der Waals surface area contributed by atoms with Crippen molar-refractivity contribution in [2.45, 2.75) is 17.8 Å². The van der Waals surface area contributed by atoms with Crippen LogP contribution in [0.2, 0.25) is 0 Å². The predicted octanol–water partition coefficient (Wildman–Crippen LogP) is 2.68. The van der Waals surface area contributed by atoms with E-state index in [1.165, 1.54) is 18.3 Å². The summed E-state index contributed by atoms with van der Waals surface area (Å²) in [4.78, 5) is 29.3. The Hall–Kier alpha value is -3.48. The van der Waals surface area contributed by atoms with Gasteiger partial charge in [-0.15, -0.1) is 5.10 Å². The quantitative estimate of drug-likeness (QED) is 0.523. The van der Waals surface area contributed by atoms with Crippen LogP contribution >= 0.6 is 11.8 Å². The van der Waals surface area contributed by atoms with Gasteiger partial charge in [0.1, 0.15) is 11.0 Å². The number of benzene rings is 1. The number of rotatable bonds is 6. The average molecular weight is 439 g/mol. The highest BCUT2D eigenvalue weighted by molar-refractivity contribution is 8.15. The van der Waals surface area contributed by atoms with Gasteiger partial charge in [0.05, 0.1) is 12.6 Å². The van der Waals surface area contributed by atoms with E-state index in [0.717, 1.165) is 24.0 Å². The Labute approximate surface area is 171 Å². The number of thioether (sulfide) groups is 1. The van der Waals surface area contributed by atoms with Crippen molar-refractivity contribution in [1.29, 1.82) is 0 Å². The van der Waals surface area contributed by atoms with Gasteiger partial charge in [-0.05, 0) is 23.8 Å². The van der Waals surface area contributed by atoms with Gasteiger partial charge in [-0.25, -0.2) is 4.98 Å². The van der Waals surface area contributed by atoms with Gasteiger partial charge in [-0.1, -0.05) is 23.9 Å². The minimum Gasteiger partial charge on any atom is -0.481 e. The lowest BCUT2D eigenvalue weighted by Crippen LogP contribution is -2.26. The molecule has 0 bridgehead atoms. The molecule has 0 aliphatic carbocycles. The van der Waals surface area contributed by atoms with E-state index in [0.29, 0.717) is 5.56 Å². The molecule has 0 spiro atoms. The van der Waals surface area contributed by atoms with Crippen LogP contribution < -0.4 is 10.1 Å². The Morgan fingerprint density at radius 2 is 2.17 bits per heavy atom. The Morgan fingerprint density at radius 1 is 1.37 bits per heavy atom. The first-order valence-corrected chi connectivity index (χ1v) is 9.07. The van der Waals surface area contributed by atoms with Crippen molar-refractivity contribution >= 4 is 35.0 Å². The number of carboxylic acids is 1. The molecule has 1 unspecified atom stereocenters. The summed E-state index contributed by atoms with van der Waals surface area (Å²) >= 11 is 0.952. The van der Waals surface area contributed by atoms with Crippen LogP contribution in [0.3, 0.4) is 0 Å². The summed E-state index contributed by atoms with van der Waals surface area (Å²) in [6.45, 7) is 0. The lowest BCUT2D eigenvalue weighted by molar-refractivity contribution is -0.141. The van der Waals surface area contributed by atoms with Gasteiger partial charge in [-0.2, -0.15) is 23.3 Å². The van der Waals surface area contributed by atoms with E-state index in [1.807, 2.05) is 0 Å². The van der Waals surface area contributed by atoms with E-state index in [2.05, 4.69) is 25.5 Å². The molecular formula is C17H12F3N5O4S. The molecule has 1 aliphatic rings. The van der Waals surface area contributed by atoms with Gasteiger partial charge in [0, 0.05) is 6.20 Å². The second kappa shape index (κ2) is 8.90. The molecule has 9 nitrogen and oxygen atoms in total. The first-order chi connectivity index (χ1) is 14.2. The maximum atomic E-state index is 12.7. The largest absolute Gasteiger partial charge is 0.481 e. The third kappa shape index (κ3) is 5.76. The Morgan fingerprint density at radius 3 is 2.90 bits per heavy atom. The summed E-state index contributed by atoms with van der Waals surface area (Å²) in [5.74, 6) is -1.39. The minimum absolute atomic E-state index is 0.160. The van der Waals surface area contributed by atoms with E-state index in [9.17, 15) is 22.8 Å². The molecule has 1 saturated heterocycles. The number of carbonyl (C=O) groups excluding carboxylic acids is 1. The number of aromatic nitrogens is 2. The van der Waals surface area contributed by atoms with Crippen molar-refractivity contribution in [1.82, 2.24) is 15.3 Å². The molecule has 0 saturated carbocycles. The SMILES string of the molecule is O=C(O)CC1SC(=NN=Cc2cccc(Oc3nccc(C(F)(F)F)n3)c2)NC1=O. The number of aliphatic carboxylic acids is 1. The number of amidine groups is 1. The van der Waals surface area contributed by atoms with Crippen LogP contribution in [0.15, 0.2) is 46.7 Å². The molecule has 1 fully saturated rings. The van der Waals surface area contributed by atoms with Gasteiger partial charge < -0.3 is 15.2 Å². The molecule has 13 heteroatoms. The summed E-state index contributed by atoms with van der Waals surface area (Å²) in [5.41, 5.74) is -0.626. The zero-order chi connectivity index (χ0) is 21.7. The summed E-state index contributed by atoms with van der Waals surface area (Å²) in [6.07, 6.45) is -2.69. The zero-order valence-corrected chi connectivity index (χ0v) is 15.6. The lowest BCUT2D eigenvalue weighted by atomic mass is 10.2. The monoisotopic (exact) mass is 439 g/mol. The Balaban J connectivity index is 1.66. The van der Waals surface area contributed by atoms with Crippen LogP contribution in [0.5, 0.6) is 11.8 Å². The van der Waals surface area contributed by atoms with Crippen molar-refractivity contribution in [2.24, 2.45) is 10.2 Å². The molecule has 1 aliphatic heterocycles. The van der Waals surface area contributed by atoms with E-state index in [-0.39, 0.29) is 17.3 Å². The number of carboxylic acid groups (broad SMARTS) is 1. The van der Waals surface area contributed by atoms with Gasteiger partial charge in [-0.3, -0.25) is 9.59 Å². The third-order valence-corrected chi connectivity index (χ3v) is 4.56. The fourth-order valence-corrected chi connectivity index (χ4v) is 3.12. The van der Waals surface area contributed by atoms with Gasteiger partial charge >= 0.3 is 18.2 Å². The van der Waals surface area contributed by atoms with Crippen molar-refractivity contribution in [3.05, 3.63) is 47.8 Å². The number of nitrogens with zero attached hydrogens (tertiary/aromatic N) is 4. The first-order valence-electron chi connectivity index (χ1n) is 8.19. The van der Waals surface area contributed by atoms with Crippen molar-refractivity contribution in [3.63, 3.8) is 0 Å². The van der Waals surface area contributed by atoms with Gasteiger partial charge in [0.15, 0.2) is 10.9 Å². The second-order valence-electron chi connectivity index (χ2n) is 5.74. The normalized spacial score (nSPS) is 18.0. The van der Waals surface area contributed by atoms with Crippen molar-refractivity contribution < 1.29 is 32.6 Å². The summed E-state index contributed by atoms with van der Waals surface area (Å²) < 4.78 is 43.4. The number of hydrogen-bond donors (Lipinski definition) is 2. The summed E-state index contributed by atoms with van der Waals surface area (Å²) in [6, 6.07) is 6.45. The molecule has 30 heavy (non-hydrogen) atoms. The molecule has 1 amide bonds. The number of ether oxygens (including phenoxy) is 1. The molecule has 2 aromatic rings. The lowest BCUT2D eigenvalue weighted by Gasteiger charge is -2.08. The van der Waals surface area contributed by atoms with Crippen molar-refractivity contribution in [2.75, 3.05) is 0 Å². The van der Waals surface area contributed by atoms with Crippen LogP contribution in [-0.2, 0) is 15.8 Å². The van der Waals surface area contributed by atoms with E-state index in [1.54, 1.807) is 12.1 Å². The van der Waals surface area contributed by atoms with E-state index < -0.39 is 35.0 Å². The maximum Gasteiger partial charge on any atom is 0.433 e. The number of amides is 1. The smallest absolute Gasteiger partial charge is 0.433 e. The molecule has 2 N–H and O–H groups in total. The van der Waals surface area contributed by atoms with E-state index in [4.69, 9.17) is 9.84 Å². The standard InChI is InChI=1S/C17H12F3N5O4S/c18-17(19,20)12-4-5-21-15(23-12)29-10-3-1-2-9(6-10)8-22-25-16-24-14(28)11(30-16)7-13(26)27/h1-6,8,11H,7H2,(H,26,27)(H,24,25,28). The molecule has 156 valence electrons. The molecule has 1 atom stereocenters. The van der Waals surface area contributed by atoms with Crippen molar-refractivity contribution in [3.8, 4) is 11.8 Å². The predicted molar refractivity (Wildman–Crippen MR) is 100 cm³/mol. The minimum atomic E-state index is -4.62. The third-order valence-electron chi connectivity index (χ3n) is 3.48. The maximum absolute atomic E-state index is 12.7. The van der Waals surface area contributed by atoms with Crippen LogP contribution in [0.25, 0.3) is 0 Å². The summed E-state index contributed by atoms with van der Waals surface area (Å²) in [7, 11) is 0. The Bertz CT molecular complexity index is 1030. The zero-order valence-electron chi connectivity index (χ0n) is 14.8. The number of alkyl halides is 3. The van der Waals surface area contributed by atoms with E-state index >= 15 is 0 Å². The van der Waals surface area contributed by atoms with Gasteiger partial charge in [0.25, 0.3) is 0 Å². The summed E-state index contributed by atoms with van der Waals surface area (Å²) in [5, 5.41) is 18.2. The highest BCUT2D eigenvalue weighted by atomic mass is 32.2. The van der Waals surface area contributed by atoms with Gasteiger partial charge in [0.2, 0.25) is 5.91 Å². The molecule has 1 aromatic carbocycles. The number of hydrogen-bond acceptors (Lipinski definition) is 8. The van der Waals surface area contributed by atoms with Crippen LogP contribution in [-0.4, -0.2) is 43.6 Å². The number of nitrogens with one attached hydrogen (secondary N) is 1. The Kier molecular flexibility index (Phi) is 6.30. The topological polar surface area (TPSA) is 126 Å². The molecule has 0 radical (unpaired) electrons. The second-order valence-corrected chi connectivity index (χ2v) is 6.93.